The molecule has 1 fully saturated rings. The lowest BCUT2D eigenvalue weighted by Crippen LogP contribution is -2.27. The van der Waals surface area contributed by atoms with Gasteiger partial charge in [0, 0.05) is 18.2 Å². The highest BCUT2D eigenvalue weighted by Gasteiger charge is 2.20. The lowest BCUT2D eigenvalue weighted by Gasteiger charge is -2.29. The van der Waals surface area contributed by atoms with E-state index in [0.29, 0.717) is 6.04 Å². The largest absolute Gasteiger partial charge is 0.441 e. The van der Waals surface area contributed by atoms with Crippen LogP contribution in [-0.2, 0) is 6.42 Å². The van der Waals surface area contributed by atoms with Gasteiger partial charge in [-0.05, 0) is 43.9 Å². The molecule has 0 saturated heterocycles. The summed E-state index contributed by atoms with van der Waals surface area (Å²) in [6.07, 6.45) is 7.75. The highest BCUT2D eigenvalue weighted by Crippen LogP contribution is 2.29. The van der Waals surface area contributed by atoms with Crippen molar-refractivity contribution in [1.82, 2.24) is 4.98 Å². The molecule has 0 spiro atoms. The maximum Gasteiger partial charge on any atom is 0.195 e. The molecule has 0 aliphatic heterocycles. The van der Waals surface area contributed by atoms with Gasteiger partial charge in [-0.15, -0.1) is 0 Å². The van der Waals surface area contributed by atoms with Gasteiger partial charge in [0.2, 0.25) is 0 Å². The van der Waals surface area contributed by atoms with Crippen molar-refractivity contribution in [1.29, 1.82) is 0 Å². The molecule has 1 unspecified atom stereocenters. The summed E-state index contributed by atoms with van der Waals surface area (Å²) in [6, 6.07) is 6.77. The average molecular weight is 272 g/mol. The van der Waals surface area contributed by atoms with Gasteiger partial charge in [-0.3, -0.25) is 0 Å². The number of oxazole rings is 1. The number of fused-ring (bicyclic) bond motifs is 1. The van der Waals surface area contributed by atoms with Gasteiger partial charge < -0.3 is 9.73 Å². The quantitative estimate of drug-likeness (QED) is 0.871. The normalized spacial score (nSPS) is 18.3. The zero-order chi connectivity index (χ0) is 13.9. The van der Waals surface area contributed by atoms with Crippen LogP contribution < -0.4 is 5.32 Å². The molecule has 0 amide bonds. The first-order valence-corrected chi connectivity index (χ1v) is 7.92. The number of rotatable bonds is 4. The summed E-state index contributed by atoms with van der Waals surface area (Å²) in [5.41, 5.74) is 3.01. The Morgan fingerprint density at radius 1 is 1.30 bits per heavy atom. The molecule has 1 aliphatic rings. The lowest BCUT2D eigenvalue weighted by molar-refractivity contribution is 0.328. The minimum atomic E-state index is 0.533. The molecule has 1 N–H and O–H groups in total. The number of hydrogen-bond donors (Lipinski definition) is 1. The second kappa shape index (κ2) is 5.86. The molecular weight excluding hydrogens is 248 g/mol. The molecule has 2 aromatic rings. The third kappa shape index (κ3) is 2.82. The van der Waals surface area contributed by atoms with E-state index in [1.807, 2.05) is 6.07 Å². The minimum absolute atomic E-state index is 0.533. The van der Waals surface area contributed by atoms with Crippen LogP contribution in [0.3, 0.4) is 0 Å². The summed E-state index contributed by atoms with van der Waals surface area (Å²) in [5.74, 6) is 1.63. The van der Waals surface area contributed by atoms with Crippen molar-refractivity contribution >= 4 is 16.8 Å². The van der Waals surface area contributed by atoms with Gasteiger partial charge in [0.25, 0.3) is 0 Å². The number of nitrogens with one attached hydrogen (secondary N) is 1. The summed E-state index contributed by atoms with van der Waals surface area (Å²) in [4.78, 5) is 4.51. The van der Waals surface area contributed by atoms with Gasteiger partial charge in [-0.1, -0.05) is 26.2 Å². The van der Waals surface area contributed by atoms with E-state index < -0.39 is 0 Å². The monoisotopic (exact) mass is 272 g/mol. The minimum Gasteiger partial charge on any atom is -0.441 e. The second-order valence-electron chi connectivity index (χ2n) is 5.97. The molecular formula is C17H24N2O. The topological polar surface area (TPSA) is 38.1 Å². The van der Waals surface area contributed by atoms with Crippen LogP contribution in [0.4, 0.5) is 5.69 Å². The molecule has 1 heterocycles. The Labute approximate surface area is 120 Å². The van der Waals surface area contributed by atoms with Gasteiger partial charge in [-0.25, -0.2) is 4.98 Å². The van der Waals surface area contributed by atoms with Crippen molar-refractivity contribution in [3.63, 3.8) is 0 Å². The van der Waals surface area contributed by atoms with Crippen molar-refractivity contribution in [3.05, 3.63) is 24.1 Å². The summed E-state index contributed by atoms with van der Waals surface area (Å²) in [7, 11) is 0. The lowest BCUT2D eigenvalue weighted by atomic mass is 9.84. The van der Waals surface area contributed by atoms with Crippen molar-refractivity contribution in [2.24, 2.45) is 5.92 Å². The van der Waals surface area contributed by atoms with Crippen LogP contribution in [0.2, 0.25) is 0 Å². The molecule has 3 nitrogen and oxygen atoms in total. The number of anilines is 1. The maximum atomic E-state index is 5.65. The molecule has 1 atom stereocenters. The molecule has 3 rings (SSSR count). The van der Waals surface area contributed by atoms with E-state index in [2.05, 4.69) is 36.3 Å². The number of aromatic nitrogens is 1. The first-order chi connectivity index (χ1) is 9.76. The number of nitrogens with zero attached hydrogens (tertiary/aromatic N) is 1. The molecule has 1 saturated carbocycles. The van der Waals surface area contributed by atoms with E-state index in [0.717, 1.165) is 35.0 Å². The molecule has 1 aliphatic carbocycles. The van der Waals surface area contributed by atoms with Crippen LogP contribution in [0.1, 0.15) is 51.8 Å². The van der Waals surface area contributed by atoms with Crippen molar-refractivity contribution in [2.75, 3.05) is 5.32 Å². The number of benzene rings is 1. The Morgan fingerprint density at radius 2 is 2.10 bits per heavy atom. The van der Waals surface area contributed by atoms with E-state index in [9.17, 15) is 0 Å². The van der Waals surface area contributed by atoms with Gasteiger partial charge in [0.15, 0.2) is 11.5 Å². The Kier molecular flexibility index (Phi) is 3.95. The van der Waals surface area contributed by atoms with E-state index in [-0.39, 0.29) is 0 Å². The summed E-state index contributed by atoms with van der Waals surface area (Å²) >= 11 is 0. The van der Waals surface area contributed by atoms with Gasteiger partial charge >= 0.3 is 0 Å². The van der Waals surface area contributed by atoms with Gasteiger partial charge in [-0.2, -0.15) is 0 Å². The molecule has 0 radical (unpaired) electrons. The van der Waals surface area contributed by atoms with Crippen molar-refractivity contribution in [2.45, 2.75) is 58.4 Å². The van der Waals surface area contributed by atoms with E-state index in [1.165, 1.54) is 32.1 Å². The number of hydrogen-bond acceptors (Lipinski definition) is 3. The van der Waals surface area contributed by atoms with Crippen LogP contribution in [-0.4, -0.2) is 11.0 Å². The predicted molar refractivity (Wildman–Crippen MR) is 83.0 cm³/mol. The molecule has 3 heteroatoms. The fraction of sp³-hybridized carbons (Fsp3) is 0.588. The Bertz CT molecular complexity index is 569. The molecule has 1 aromatic heterocycles. The Morgan fingerprint density at radius 3 is 2.85 bits per heavy atom. The summed E-state index contributed by atoms with van der Waals surface area (Å²) in [6.45, 7) is 4.37. The molecule has 20 heavy (non-hydrogen) atoms. The smallest absolute Gasteiger partial charge is 0.195 e. The third-order valence-corrected chi connectivity index (χ3v) is 4.49. The number of aryl methyl sites for hydroxylation is 1. The summed E-state index contributed by atoms with van der Waals surface area (Å²) in [5, 5.41) is 3.65. The van der Waals surface area contributed by atoms with Crippen LogP contribution in [0.15, 0.2) is 22.6 Å². The fourth-order valence-electron chi connectivity index (χ4n) is 3.23. The molecule has 1 aromatic carbocycles. The van der Waals surface area contributed by atoms with Crippen LogP contribution >= 0.6 is 0 Å². The standard InChI is InChI=1S/C17H24N2O/c1-3-17-19-15-11-14(9-10-16(15)20-17)18-12(2)13-7-5-4-6-8-13/h9-13,18H,3-8H2,1-2H3. The fourth-order valence-corrected chi connectivity index (χ4v) is 3.23. The molecule has 108 valence electrons. The Hall–Kier alpha value is -1.51. The zero-order valence-corrected chi connectivity index (χ0v) is 12.5. The Balaban J connectivity index is 1.72. The zero-order valence-electron chi connectivity index (χ0n) is 12.5. The van der Waals surface area contributed by atoms with Crippen LogP contribution in [0, 0.1) is 5.92 Å². The second-order valence-corrected chi connectivity index (χ2v) is 5.97. The molecule has 0 bridgehead atoms. The first-order valence-electron chi connectivity index (χ1n) is 7.92. The van der Waals surface area contributed by atoms with E-state index >= 15 is 0 Å². The average Bonchev–Trinajstić information content (AvgIpc) is 2.90. The van der Waals surface area contributed by atoms with E-state index in [4.69, 9.17) is 4.42 Å². The van der Waals surface area contributed by atoms with Gasteiger partial charge in [0.1, 0.15) is 5.52 Å². The van der Waals surface area contributed by atoms with E-state index in [1.54, 1.807) is 0 Å². The van der Waals surface area contributed by atoms with Crippen molar-refractivity contribution < 1.29 is 4.42 Å². The highest BCUT2D eigenvalue weighted by molar-refractivity contribution is 5.77. The van der Waals surface area contributed by atoms with Crippen LogP contribution in [0.5, 0.6) is 0 Å². The summed E-state index contributed by atoms with van der Waals surface area (Å²) < 4.78 is 5.65. The SMILES string of the molecule is CCc1nc2cc(NC(C)C3CCCCC3)ccc2o1. The highest BCUT2D eigenvalue weighted by atomic mass is 16.3. The first kappa shape index (κ1) is 13.5. The van der Waals surface area contributed by atoms with Crippen LogP contribution in [0.25, 0.3) is 11.1 Å². The predicted octanol–water partition coefficient (Wildman–Crippen LogP) is 4.77. The van der Waals surface area contributed by atoms with Gasteiger partial charge in [0.05, 0.1) is 0 Å². The maximum absolute atomic E-state index is 5.65. The van der Waals surface area contributed by atoms with Crippen molar-refractivity contribution in [3.8, 4) is 0 Å². The third-order valence-electron chi connectivity index (χ3n) is 4.49.